The number of hydrogen-bond donors (Lipinski definition) is 1. The van der Waals surface area contributed by atoms with Crippen LogP contribution in [-0.4, -0.2) is 23.8 Å². The molecule has 0 aliphatic rings. The van der Waals surface area contributed by atoms with Gasteiger partial charge < -0.3 is 5.32 Å². The third-order valence-electron chi connectivity index (χ3n) is 2.78. The Bertz CT molecular complexity index is 528. The minimum atomic E-state index is 0.450. The topological polar surface area (TPSA) is 24.9 Å². The molecule has 0 spiro atoms. The van der Waals surface area contributed by atoms with Crippen molar-refractivity contribution in [2.75, 3.05) is 12.8 Å². The molecule has 1 aromatic heterocycles. The van der Waals surface area contributed by atoms with Gasteiger partial charge >= 0.3 is 0 Å². The van der Waals surface area contributed by atoms with E-state index in [1.54, 1.807) is 11.3 Å². The lowest BCUT2D eigenvalue weighted by Crippen LogP contribution is -2.30. The molecule has 0 radical (unpaired) electrons. The Hall–Kier alpha value is -0.360. The SMILES string of the molecule is CNC(CSc1cccc(Br)c1)Cc1csc(C)n1. The van der Waals surface area contributed by atoms with Crippen LogP contribution in [0.3, 0.4) is 0 Å². The van der Waals surface area contributed by atoms with Crippen LogP contribution in [0.4, 0.5) is 0 Å². The van der Waals surface area contributed by atoms with Crippen molar-refractivity contribution in [2.24, 2.45) is 0 Å². The lowest BCUT2D eigenvalue weighted by atomic mass is 10.2. The smallest absolute Gasteiger partial charge is 0.0897 e. The number of nitrogens with zero attached hydrogens (tertiary/aromatic N) is 1. The number of likely N-dealkylation sites (N-methyl/N-ethyl adjacent to an activating group) is 1. The highest BCUT2D eigenvalue weighted by Crippen LogP contribution is 2.23. The van der Waals surface area contributed by atoms with Crippen LogP contribution in [0.2, 0.25) is 0 Å². The number of hydrogen-bond acceptors (Lipinski definition) is 4. The lowest BCUT2D eigenvalue weighted by Gasteiger charge is -2.14. The van der Waals surface area contributed by atoms with E-state index in [4.69, 9.17) is 0 Å². The minimum Gasteiger partial charge on any atom is -0.316 e. The Balaban J connectivity index is 1.89. The number of rotatable bonds is 6. The van der Waals surface area contributed by atoms with Gasteiger partial charge in [-0.05, 0) is 32.2 Å². The summed E-state index contributed by atoms with van der Waals surface area (Å²) in [4.78, 5) is 5.82. The number of aryl methyl sites for hydroxylation is 1. The summed E-state index contributed by atoms with van der Waals surface area (Å²) in [5.74, 6) is 1.05. The van der Waals surface area contributed by atoms with E-state index in [9.17, 15) is 0 Å². The maximum absolute atomic E-state index is 4.53. The van der Waals surface area contributed by atoms with Crippen LogP contribution in [0.25, 0.3) is 0 Å². The van der Waals surface area contributed by atoms with Crippen molar-refractivity contribution >= 4 is 39.0 Å². The summed E-state index contributed by atoms with van der Waals surface area (Å²) < 4.78 is 1.13. The predicted octanol–water partition coefficient (Wildman–Crippen LogP) is 4.14. The Morgan fingerprint density at radius 2 is 2.32 bits per heavy atom. The zero-order chi connectivity index (χ0) is 13.7. The van der Waals surface area contributed by atoms with Crippen molar-refractivity contribution in [2.45, 2.75) is 24.3 Å². The first-order valence-corrected chi connectivity index (χ1v) is 8.80. The van der Waals surface area contributed by atoms with Crippen LogP contribution in [0.15, 0.2) is 39.0 Å². The van der Waals surface area contributed by atoms with Crippen molar-refractivity contribution in [3.63, 3.8) is 0 Å². The summed E-state index contributed by atoms with van der Waals surface area (Å²) in [6, 6.07) is 8.88. The summed E-state index contributed by atoms with van der Waals surface area (Å²) in [6.45, 7) is 2.05. The van der Waals surface area contributed by atoms with Gasteiger partial charge in [0.1, 0.15) is 0 Å². The molecular formula is C14H17BrN2S2. The maximum atomic E-state index is 4.53. The minimum absolute atomic E-state index is 0.450. The molecule has 2 rings (SSSR count). The molecule has 2 aromatic rings. The molecule has 1 atom stereocenters. The second kappa shape index (κ2) is 7.43. The molecule has 102 valence electrons. The molecule has 0 aliphatic carbocycles. The van der Waals surface area contributed by atoms with Gasteiger partial charge in [-0.2, -0.15) is 0 Å². The van der Waals surface area contributed by atoms with Gasteiger partial charge in [-0.3, -0.25) is 0 Å². The Morgan fingerprint density at radius 1 is 1.47 bits per heavy atom. The first-order chi connectivity index (χ1) is 9.17. The first kappa shape index (κ1) is 15.0. The predicted molar refractivity (Wildman–Crippen MR) is 88.3 cm³/mol. The first-order valence-electron chi connectivity index (χ1n) is 6.14. The summed E-state index contributed by atoms with van der Waals surface area (Å²) in [7, 11) is 2.02. The third-order valence-corrected chi connectivity index (χ3v) is 5.25. The van der Waals surface area contributed by atoms with E-state index in [1.807, 2.05) is 18.8 Å². The molecule has 1 N–H and O–H groups in total. The number of benzene rings is 1. The van der Waals surface area contributed by atoms with Crippen molar-refractivity contribution in [1.29, 1.82) is 0 Å². The highest BCUT2D eigenvalue weighted by Gasteiger charge is 2.10. The van der Waals surface area contributed by atoms with Crippen LogP contribution in [0.1, 0.15) is 10.7 Å². The summed E-state index contributed by atoms with van der Waals surface area (Å²) in [6.07, 6.45) is 0.988. The Labute approximate surface area is 131 Å². The molecule has 0 bridgehead atoms. The van der Waals surface area contributed by atoms with Crippen molar-refractivity contribution < 1.29 is 0 Å². The molecular weight excluding hydrogens is 340 g/mol. The van der Waals surface area contributed by atoms with Gasteiger partial charge in [-0.15, -0.1) is 23.1 Å². The zero-order valence-corrected chi connectivity index (χ0v) is 14.2. The standard InChI is InChI=1S/C14H17BrN2S2/c1-10-17-13(9-18-10)7-12(16-2)8-19-14-5-3-4-11(15)6-14/h3-6,9,12,16H,7-8H2,1-2H3. The molecule has 5 heteroatoms. The van der Waals surface area contributed by atoms with Crippen molar-refractivity contribution in [1.82, 2.24) is 10.3 Å². The van der Waals surface area contributed by atoms with Gasteiger partial charge in [-0.25, -0.2) is 4.98 Å². The average Bonchev–Trinajstić information content (AvgIpc) is 2.80. The van der Waals surface area contributed by atoms with E-state index in [0.29, 0.717) is 6.04 Å². The fraction of sp³-hybridized carbons (Fsp3) is 0.357. The van der Waals surface area contributed by atoms with Gasteiger partial charge in [0.25, 0.3) is 0 Å². The Kier molecular flexibility index (Phi) is 5.88. The summed E-state index contributed by atoms with van der Waals surface area (Å²) in [5.41, 5.74) is 1.19. The van der Waals surface area contributed by atoms with E-state index in [0.717, 1.165) is 21.7 Å². The second-order valence-electron chi connectivity index (χ2n) is 4.32. The number of thioether (sulfide) groups is 1. The van der Waals surface area contributed by atoms with E-state index in [-0.39, 0.29) is 0 Å². The molecule has 0 fully saturated rings. The molecule has 0 saturated carbocycles. The van der Waals surface area contributed by atoms with Gasteiger partial charge in [0.2, 0.25) is 0 Å². The zero-order valence-electron chi connectivity index (χ0n) is 11.0. The number of nitrogens with one attached hydrogen (secondary N) is 1. The highest BCUT2D eigenvalue weighted by atomic mass is 79.9. The largest absolute Gasteiger partial charge is 0.316 e. The summed E-state index contributed by atoms with van der Waals surface area (Å²) in [5, 5.41) is 6.68. The van der Waals surface area contributed by atoms with E-state index < -0.39 is 0 Å². The number of aromatic nitrogens is 1. The van der Waals surface area contributed by atoms with E-state index in [2.05, 4.69) is 62.8 Å². The summed E-state index contributed by atoms with van der Waals surface area (Å²) >= 11 is 7.10. The maximum Gasteiger partial charge on any atom is 0.0897 e. The average molecular weight is 357 g/mol. The molecule has 0 aliphatic heterocycles. The number of thiazole rings is 1. The molecule has 0 amide bonds. The monoisotopic (exact) mass is 356 g/mol. The lowest BCUT2D eigenvalue weighted by molar-refractivity contribution is 0.610. The van der Waals surface area contributed by atoms with Crippen LogP contribution < -0.4 is 5.32 Å². The third kappa shape index (κ3) is 4.91. The van der Waals surface area contributed by atoms with E-state index in [1.165, 1.54) is 10.6 Å². The van der Waals surface area contributed by atoms with E-state index >= 15 is 0 Å². The van der Waals surface area contributed by atoms with Crippen LogP contribution >= 0.6 is 39.0 Å². The van der Waals surface area contributed by atoms with Crippen LogP contribution in [-0.2, 0) is 6.42 Å². The molecule has 19 heavy (non-hydrogen) atoms. The highest BCUT2D eigenvalue weighted by molar-refractivity contribution is 9.10. The Morgan fingerprint density at radius 3 is 2.95 bits per heavy atom. The van der Waals surface area contributed by atoms with Gasteiger partial charge in [0, 0.05) is 33.0 Å². The van der Waals surface area contributed by atoms with Crippen molar-refractivity contribution in [3.05, 3.63) is 44.8 Å². The van der Waals surface area contributed by atoms with Gasteiger partial charge in [-0.1, -0.05) is 22.0 Å². The fourth-order valence-electron chi connectivity index (χ4n) is 1.75. The number of halogens is 1. The molecule has 1 unspecified atom stereocenters. The second-order valence-corrected chi connectivity index (χ2v) is 7.39. The molecule has 2 nitrogen and oxygen atoms in total. The van der Waals surface area contributed by atoms with Crippen LogP contribution in [0.5, 0.6) is 0 Å². The molecule has 1 aromatic carbocycles. The van der Waals surface area contributed by atoms with Gasteiger partial charge in [0.15, 0.2) is 0 Å². The fourth-order valence-corrected chi connectivity index (χ4v) is 3.99. The molecule has 1 heterocycles. The molecule has 0 saturated heterocycles. The van der Waals surface area contributed by atoms with Gasteiger partial charge in [0.05, 0.1) is 10.7 Å². The normalized spacial score (nSPS) is 12.6. The quantitative estimate of drug-likeness (QED) is 0.787. The van der Waals surface area contributed by atoms with Crippen molar-refractivity contribution in [3.8, 4) is 0 Å². The van der Waals surface area contributed by atoms with Crippen LogP contribution in [0, 0.1) is 6.92 Å².